The summed E-state index contributed by atoms with van der Waals surface area (Å²) in [7, 11) is 0. The maximum Gasteiger partial charge on any atom is 0.231 e. The molecule has 0 bridgehead atoms. The number of carbonyl (C=O) groups is 1. The van der Waals surface area contributed by atoms with E-state index in [1.165, 1.54) is 12.8 Å². The maximum atomic E-state index is 13.5. The Morgan fingerprint density at radius 1 is 1.06 bits per heavy atom. The molecule has 5 rings (SSSR count). The van der Waals surface area contributed by atoms with Gasteiger partial charge in [0.15, 0.2) is 0 Å². The van der Waals surface area contributed by atoms with Gasteiger partial charge in [-0.1, -0.05) is 43.2 Å². The van der Waals surface area contributed by atoms with Crippen LogP contribution in [0.4, 0.5) is 0 Å². The van der Waals surface area contributed by atoms with E-state index in [1.807, 2.05) is 42.7 Å². The van der Waals surface area contributed by atoms with Crippen molar-refractivity contribution in [2.75, 3.05) is 13.2 Å². The zero-order valence-electron chi connectivity index (χ0n) is 18.4. The molecule has 2 fully saturated rings. The molecule has 1 aliphatic carbocycles. The molecule has 0 unspecified atom stereocenters. The second-order valence-electron chi connectivity index (χ2n) is 8.88. The van der Waals surface area contributed by atoms with Gasteiger partial charge in [-0.25, -0.2) is 0 Å². The summed E-state index contributed by atoms with van der Waals surface area (Å²) in [6, 6.07) is 16.7. The van der Waals surface area contributed by atoms with E-state index in [0.29, 0.717) is 38.6 Å². The first-order valence-corrected chi connectivity index (χ1v) is 11.7. The number of hydrogen-bond donors (Lipinski definition) is 1. The highest BCUT2D eigenvalue weighted by Crippen LogP contribution is 2.36. The summed E-state index contributed by atoms with van der Waals surface area (Å²) in [6.45, 7) is 1.63. The number of amides is 1. The first-order chi connectivity index (χ1) is 15.8. The molecule has 166 valence electrons. The molecule has 2 aliphatic rings. The Kier molecular flexibility index (Phi) is 6.04. The lowest BCUT2D eigenvalue weighted by atomic mass is 9.73. The Balaban J connectivity index is 1.38. The van der Waals surface area contributed by atoms with Crippen LogP contribution in [0.1, 0.15) is 55.8 Å². The van der Waals surface area contributed by atoms with Gasteiger partial charge in [-0.15, -0.1) is 0 Å². The van der Waals surface area contributed by atoms with E-state index in [0.717, 1.165) is 35.4 Å². The average Bonchev–Trinajstić information content (AvgIpc) is 3.54. The summed E-state index contributed by atoms with van der Waals surface area (Å²) in [5, 5.41) is 8.15. The minimum atomic E-state index is -0.540. The minimum absolute atomic E-state index is 0.0628. The maximum absolute atomic E-state index is 13.5. The Morgan fingerprint density at radius 2 is 1.78 bits per heavy atom. The summed E-state index contributed by atoms with van der Waals surface area (Å²) in [5.74, 6) is 0.0628. The van der Waals surface area contributed by atoms with Crippen LogP contribution < -0.4 is 5.32 Å². The molecule has 1 saturated heterocycles. The zero-order chi connectivity index (χ0) is 21.8. The zero-order valence-corrected chi connectivity index (χ0v) is 18.4. The standard InChI is InChI=1S/C26H30N4O2/c31-25(26(12-16-32-17-13-26)21-6-2-1-3-7-21)28-19-22-18-24(20-10-14-27-15-11-20)30(29-22)23-8-4-5-9-23/h1-3,6-7,10-11,14-15,18,23H,4-5,8-9,12-13,16-17,19H2,(H,28,31). The quantitative estimate of drug-likeness (QED) is 0.628. The number of aromatic nitrogens is 3. The lowest BCUT2D eigenvalue weighted by Gasteiger charge is -2.36. The van der Waals surface area contributed by atoms with Crippen LogP contribution in [0.15, 0.2) is 60.9 Å². The van der Waals surface area contributed by atoms with Gasteiger partial charge in [0.1, 0.15) is 0 Å². The topological polar surface area (TPSA) is 69.0 Å². The molecule has 0 radical (unpaired) electrons. The fourth-order valence-corrected chi connectivity index (χ4v) is 5.16. The van der Waals surface area contributed by atoms with E-state index in [9.17, 15) is 4.79 Å². The van der Waals surface area contributed by atoms with Crippen LogP contribution in [-0.2, 0) is 21.5 Å². The highest BCUT2D eigenvalue weighted by molar-refractivity contribution is 5.88. The molecular weight excluding hydrogens is 400 g/mol. The molecule has 3 aromatic rings. The number of carbonyl (C=O) groups excluding carboxylic acids is 1. The summed E-state index contributed by atoms with van der Waals surface area (Å²) in [4.78, 5) is 17.7. The van der Waals surface area contributed by atoms with Crippen molar-refractivity contribution in [3.8, 4) is 11.3 Å². The summed E-state index contributed by atoms with van der Waals surface area (Å²) >= 11 is 0. The Hall–Kier alpha value is -2.99. The molecule has 1 saturated carbocycles. The van der Waals surface area contributed by atoms with Crippen LogP contribution in [0, 0.1) is 0 Å². The van der Waals surface area contributed by atoms with Crippen molar-refractivity contribution in [3.05, 3.63) is 72.2 Å². The third-order valence-electron chi connectivity index (χ3n) is 6.97. The normalized spacial score (nSPS) is 18.5. The highest BCUT2D eigenvalue weighted by Gasteiger charge is 2.41. The SMILES string of the molecule is O=C(NCc1cc(-c2ccncc2)n(C2CCCC2)n1)C1(c2ccccc2)CCOCC1. The van der Waals surface area contributed by atoms with E-state index in [4.69, 9.17) is 9.84 Å². The van der Waals surface area contributed by atoms with Gasteiger partial charge in [0, 0.05) is 31.2 Å². The molecule has 1 aromatic carbocycles. The second kappa shape index (κ2) is 9.25. The fourth-order valence-electron chi connectivity index (χ4n) is 5.16. The van der Waals surface area contributed by atoms with Crippen molar-refractivity contribution in [2.45, 2.75) is 56.5 Å². The number of ether oxygens (including phenoxy) is 1. The van der Waals surface area contributed by atoms with Gasteiger partial charge in [0.05, 0.1) is 29.4 Å². The summed E-state index contributed by atoms with van der Waals surface area (Å²) in [5.41, 5.74) is 3.64. The van der Waals surface area contributed by atoms with Gasteiger partial charge >= 0.3 is 0 Å². The third kappa shape index (κ3) is 4.07. The summed E-state index contributed by atoms with van der Waals surface area (Å²) < 4.78 is 7.76. The third-order valence-corrected chi connectivity index (χ3v) is 6.97. The molecule has 6 heteroatoms. The molecule has 1 N–H and O–H groups in total. The van der Waals surface area contributed by atoms with Crippen LogP contribution in [0.2, 0.25) is 0 Å². The van der Waals surface area contributed by atoms with Crippen LogP contribution in [0.5, 0.6) is 0 Å². The molecule has 2 aromatic heterocycles. The molecule has 0 atom stereocenters. The van der Waals surface area contributed by atoms with Crippen LogP contribution in [0.3, 0.4) is 0 Å². The summed E-state index contributed by atoms with van der Waals surface area (Å²) in [6.07, 6.45) is 9.83. The number of pyridine rings is 1. The van der Waals surface area contributed by atoms with E-state index in [-0.39, 0.29) is 5.91 Å². The van der Waals surface area contributed by atoms with E-state index in [2.05, 4.69) is 33.2 Å². The average molecular weight is 431 g/mol. The molecule has 1 aliphatic heterocycles. The Labute approximate surface area is 189 Å². The molecule has 3 heterocycles. The number of rotatable bonds is 6. The van der Waals surface area contributed by atoms with Crippen molar-refractivity contribution < 1.29 is 9.53 Å². The number of nitrogens with zero attached hydrogens (tertiary/aromatic N) is 3. The number of benzene rings is 1. The largest absolute Gasteiger partial charge is 0.381 e. The second-order valence-corrected chi connectivity index (χ2v) is 8.88. The highest BCUT2D eigenvalue weighted by atomic mass is 16.5. The van der Waals surface area contributed by atoms with Crippen molar-refractivity contribution in [1.29, 1.82) is 0 Å². The van der Waals surface area contributed by atoms with Crippen molar-refractivity contribution in [3.63, 3.8) is 0 Å². The lowest BCUT2D eigenvalue weighted by molar-refractivity contribution is -0.130. The van der Waals surface area contributed by atoms with Gasteiger partial charge in [-0.2, -0.15) is 5.10 Å². The van der Waals surface area contributed by atoms with Gasteiger partial charge in [0.2, 0.25) is 5.91 Å². The minimum Gasteiger partial charge on any atom is -0.381 e. The van der Waals surface area contributed by atoms with Gasteiger partial charge in [0.25, 0.3) is 0 Å². The van der Waals surface area contributed by atoms with Gasteiger partial charge in [-0.05, 0) is 49.4 Å². The Bertz CT molecular complexity index is 1040. The predicted octanol–water partition coefficient (Wildman–Crippen LogP) is 4.42. The molecule has 6 nitrogen and oxygen atoms in total. The number of nitrogens with one attached hydrogen (secondary N) is 1. The van der Waals surface area contributed by atoms with Crippen molar-refractivity contribution >= 4 is 5.91 Å². The fraction of sp³-hybridized carbons (Fsp3) is 0.423. The molecule has 0 spiro atoms. The van der Waals surface area contributed by atoms with E-state index >= 15 is 0 Å². The first-order valence-electron chi connectivity index (χ1n) is 11.7. The van der Waals surface area contributed by atoms with Gasteiger partial charge in [-0.3, -0.25) is 14.5 Å². The number of hydrogen-bond acceptors (Lipinski definition) is 4. The first kappa shape index (κ1) is 20.9. The molecular formula is C26H30N4O2. The van der Waals surface area contributed by atoms with E-state index < -0.39 is 5.41 Å². The van der Waals surface area contributed by atoms with Crippen LogP contribution in [0.25, 0.3) is 11.3 Å². The molecule has 32 heavy (non-hydrogen) atoms. The monoisotopic (exact) mass is 430 g/mol. The molecule has 1 amide bonds. The van der Waals surface area contributed by atoms with Crippen molar-refractivity contribution in [2.24, 2.45) is 0 Å². The Morgan fingerprint density at radius 3 is 2.50 bits per heavy atom. The van der Waals surface area contributed by atoms with Gasteiger partial charge < -0.3 is 10.1 Å². The van der Waals surface area contributed by atoms with E-state index in [1.54, 1.807) is 0 Å². The van der Waals surface area contributed by atoms with Crippen LogP contribution >= 0.6 is 0 Å². The lowest BCUT2D eigenvalue weighted by Crippen LogP contribution is -2.47. The predicted molar refractivity (Wildman–Crippen MR) is 123 cm³/mol. The van der Waals surface area contributed by atoms with Crippen LogP contribution in [-0.4, -0.2) is 33.9 Å². The smallest absolute Gasteiger partial charge is 0.231 e. The van der Waals surface area contributed by atoms with Crippen molar-refractivity contribution in [1.82, 2.24) is 20.1 Å².